The largest absolute Gasteiger partial charge is 0.300 e. The third-order valence-electron chi connectivity index (χ3n) is 1.17. The lowest BCUT2D eigenvalue weighted by Crippen LogP contribution is -1.92. The third kappa shape index (κ3) is 2.99. The average Bonchev–Trinajstić information content (AvgIpc) is 2.27. The van der Waals surface area contributed by atoms with E-state index in [4.69, 9.17) is 8.22 Å². The Morgan fingerprint density at radius 2 is 2.27 bits per heavy atom. The highest BCUT2D eigenvalue weighted by Gasteiger charge is 1.94. The Morgan fingerprint density at radius 1 is 1.55 bits per heavy atom. The van der Waals surface area contributed by atoms with Crippen LogP contribution in [0.5, 0.6) is 0 Å². The lowest BCUT2D eigenvalue weighted by Gasteiger charge is -1.96. The first-order chi connectivity index (χ1) is 7.67. The molecule has 1 rings (SSSR count). The first-order valence-corrected chi connectivity index (χ1v) is 3.19. The predicted molar refractivity (Wildman–Crippen MR) is 45.4 cm³/mol. The first-order valence-electron chi connectivity index (χ1n) is 6.27. The van der Waals surface area contributed by atoms with Gasteiger partial charge in [-0.05, 0) is 18.8 Å². The fourth-order valence-corrected chi connectivity index (χ4v) is 0.698. The van der Waals surface area contributed by atoms with Gasteiger partial charge in [0.2, 0.25) is 0 Å². The normalized spacial score (nSPS) is 22.9. The van der Waals surface area contributed by atoms with Gasteiger partial charge < -0.3 is 4.79 Å². The van der Waals surface area contributed by atoms with Gasteiger partial charge in [0.1, 0.15) is 5.78 Å². The predicted octanol–water partition coefficient (Wildman–Crippen LogP) is 2.21. The molecule has 0 aromatic heterocycles. The first kappa shape index (κ1) is 3.10. The number of carbonyl (C=O) groups is 1. The van der Waals surface area contributed by atoms with Crippen LogP contribution in [0.4, 0.5) is 0 Å². The maximum atomic E-state index is 11.4. The Balaban J connectivity index is 3.03. The number of carbonyl (C=O) groups excluding carboxylic acids is 1. The standard InChI is InChI=1S/C10H12O/c1-9(11)7-8-10-5-3-2-4-6-10/h2-6H,7-8H2,1H3/i1D3,7D2,8D/t8-/m1/s1. The fourth-order valence-electron chi connectivity index (χ4n) is 0.698. The van der Waals surface area contributed by atoms with Crippen molar-refractivity contribution in [1.82, 2.24) is 0 Å². The molecule has 1 nitrogen and oxygen atoms in total. The van der Waals surface area contributed by atoms with Gasteiger partial charge >= 0.3 is 0 Å². The van der Waals surface area contributed by atoms with E-state index in [1.807, 2.05) is 0 Å². The molecule has 0 heterocycles. The molecular formula is C10H12O. The summed E-state index contributed by atoms with van der Waals surface area (Å²) in [5.74, 6) is -1.53. The number of Topliss-reactive ketones (excluding diaryl/α,β-unsaturated/α-hetero) is 1. The van der Waals surface area contributed by atoms with Gasteiger partial charge in [-0.25, -0.2) is 0 Å². The van der Waals surface area contributed by atoms with Gasteiger partial charge in [0.15, 0.2) is 0 Å². The Kier molecular flexibility index (Phi) is 1.10. The minimum absolute atomic E-state index is 0.273. The van der Waals surface area contributed by atoms with Crippen LogP contribution in [0.2, 0.25) is 0 Å². The summed E-state index contributed by atoms with van der Waals surface area (Å²) in [6, 6.07) is 7.88. The summed E-state index contributed by atoms with van der Waals surface area (Å²) < 4.78 is 43.4. The molecule has 58 valence electrons. The Bertz CT molecular complexity index is 397. The van der Waals surface area contributed by atoms with Crippen molar-refractivity contribution in [1.29, 1.82) is 0 Å². The van der Waals surface area contributed by atoms with E-state index in [2.05, 4.69) is 0 Å². The van der Waals surface area contributed by atoms with Crippen LogP contribution in [0, 0.1) is 0 Å². The molecule has 0 unspecified atom stereocenters. The molecule has 11 heavy (non-hydrogen) atoms. The van der Waals surface area contributed by atoms with Gasteiger partial charge in [0.25, 0.3) is 0 Å². The average molecular weight is 154 g/mol. The van der Waals surface area contributed by atoms with E-state index in [1.165, 1.54) is 12.1 Å². The molecule has 0 aliphatic carbocycles. The molecule has 0 aliphatic heterocycles. The number of rotatable bonds is 3. The zero-order chi connectivity index (χ0) is 13.3. The van der Waals surface area contributed by atoms with Crippen molar-refractivity contribution in [3.63, 3.8) is 0 Å². The Labute approximate surface area is 75.5 Å². The van der Waals surface area contributed by atoms with Gasteiger partial charge in [-0.2, -0.15) is 0 Å². The molecule has 0 N–H and O–H groups in total. The summed E-state index contributed by atoms with van der Waals surface area (Å²) in [7, 11) is 0. The fraction of sp³-hybridized carbons (Fsp3) is 0.300. The molecule has 0 saturated heterocycles. The van der Waals surface area contributed by atoms with Crippen LogP contribution in [-0.2, 0) is 11.2 Å². The summed E-state index contributed by atoms with van der Waals surface area (Å²) >= 11 is 0. The van der Waals surface area contributed by atoms with Crippen LogP contribution in [0.25, 0.3) is 0 Å². The maximum Gasteiger partial charge on any atom is 0.130 e. The quantitative estimate of drug-likeness (QED) is 0.652. The monoisotopic (exact) mass is 154 g/mol. The second kappa shape index (κ2) is 3.91. The number of hydrogen-bond acceptors (Lipinski definition) is 1. The molecule has 0 fully saturated rings. The third-order valence-corrected chi connectivity index (χ3v) is 1.17. The second-order valence-electron chi connectivity index (χ2n) is 2.03. The summed E-state index contributed by atoms with van der Waals surface area (Å²) in [5, 5.41) is 0. The van der Waals surface area contributed by atoms with Crippen molar-refractivity contribution in [2.24, 2.45) is 0 Å². The minimum atomic E-state index is -3.03. The van der Waals surface area contributed by atoms with E-state index < -0.39 is 25.4 Å². The molecule has 0 aliphatic rings. The molecule has 0 bridgehead atoms. The van der Waals surface area contributed by atoms with Gasteiger partial charge in [-0.3, -0.25) is 0 Å². The molecule has 0 radical (unpaired) electrons. The smallest absolute Gasteiger partial charge is 0.130 e. The molecule has 1 aromatic rings. The van der Waals surface area contributed by atoms with E-state index in [0.29, 0.717) is 0 Å². The zero-order valence-corrected chi connectivity index (χ0v) is 5.87. The van der Waals surface area contributed by atoms with E-state index in [1.54, 1.807) is 18.2 Å². The Morgan fingerprint density at radius 3 is 2.91 bits per heavy atom. The number of aryl methyl sites for hydroxylation is 1. The van der Waals surface area contributed by atoms with Gasteiger partial charge in [0.05, 0.1) is 0 Å². The number of ketones is 1. The van der Waals surface area contributed by atoms with Gasteiger partial charge in [-0.1, -0.05) is 30.3 Å². The lowest BCUT2D eigenvalue weighted by molar-refractivity contribution is -0.116. The number of hydrogen-bond donors (Lipinski definition) is 0. The van der Waals surface area contributed by atoms with Crippen molar-refractivity contribution in [3.05, 3.63) is 35.9 Å². The van der Waals surface area contributed by atoms with Gasteiger partial charge in [-0.15, -0.1) is 0 Å². The van der Waals surface area contributed by atoms with Crippen LogP contribution in [-0.4, -0.2) is 5.78 Å². The zero-order valence-electron chi connectivity index (χ0n) is 11.9. The SMILES string of the molecule is [2H][C@@H](c1ccccc1)C([2H])([2H])C(=O)C([2H])([2H])[2H]. The maximum absolute atomic E-state index is 11.4. The molecule has 0 saturated carbocycles. The minimum Gasteiger partial charge on any atom is -0.300 e. The van der Waals surface area contributed by atoms with Crippen molar-refractivity contribution in [2.75, 3.05) is 0 Å². The van der Waals surface area contributed by atoms with Crippen molar-refractivity contribution < 1.29 is 13.0 Å². The van der Waals surface area contributed by atoms with Crippen molar-refractivity contribution in [2.45, 2.75) is 19.6 Å². The molecule has 0 spiro atoms. The Hall–Kier alpha value is -1.11. The van der Waals surface area contributed by atoms with Crippen LogP contribution >= 0.6 is 0 Å². The highest BCUT2D eigenvalue weighted by molar-refractivity contribution is 5.75. The second-order valence-corrected chi connectivity index (χ2v) is 2.03. The van der Waals surface area contributed by atoms with E-state index in [0.717, 1.165) is 0 Å². The van der Waals surface area contributed by atoms with Crippen LogP contribution in [0.15, 0.2) is 30.3 Å². The topological polar surface area (TPSA) is 17.1 Å². The number of benzene rings is 1. The summed E-state index contributed by atoms with van der Waals surface area (Å²) in [6.07, 6.45) is -4.27. The summed E-state index contributed by atoms with van der Waals surface area (Å²) in [4.78, 5) is 11.4. The van der Waals surface area contributed by atoms with Crippen LogP contribution < -0.4 is 0 Å². The molecular weight excluding hydrogens is 136 g/mol. The highest BCUT2D eigenvalue weighted by Crippen LogP contribution is 2.01. The highest BCUT2D eigenvalue weighted by atomic mass is 16.1. The van der Waals surface area contributed by atoms with Crippen LogP contribution in [0.3, 0.4) is 0 Å². The molecule has 1 atom stereocenters. The molecule has 0 amide bonds. The van der Waals surface area contributed by atoms with E-state index in [-0.39, 0.29) is 5.56 Å². The van der Waals surface area contributed by atoms with E-state index >= 15 is 0 Å². The van der Waals surface area contributed by atoms with Crippen molar-refractivity contribution >= 4 is 5.78 Å². The van der Waals surface area contributed by atoms with Crippen LogP contribution in [0.1, 0.15) is 27.0 Å². The van der Waals surface area contributed by atoms with Crippen molar-refractivity contribution in [3.8, 4) is 0 Å². The van der Waals surface area contributed by atoms with Gasteiger partial charge in [0, 0.05) is 14.6 Å². The molecule has 1 aromatic carbocycles. The van der Waals surface area contributed by atoms with E-state index in [9.17, 15) is 4.79 Å². The lowest BCUT2D eigenvalue weighted by atomic mass is 10.1. The summed E-state index contributed by atoms with van der Waals surface area (Å²) in [6.45, 7) is -3.03. The summed E-state index contributed by atoms with van der Waals surface area (Å²) in [5.41, 5.74) is 0.273. The molecule has 1 heteroatoms.